The Morgan fingerprint density at radius 3 is 2.29 bits per heavy atom. The Bertz CT molecular complexity index is 856. The predicted molar refractivity (Wildman–Crippen MR) is 112 cm³/mol. The molecule has 0 saturated heterocycles. The van der Waals surface area contributed by atoms with Gasteiger partial charge in [-0.15, -0.1) is 0 Å². The number of carboxylic acid groups (broad SMARTS) is 1. The number of amides is 2. The molecule has 9 heteroatoms. The van der Waals surface area contributed by atoms with Crippen molar-refractivity contribution in [3.63, 3.8) is 0 Å². The second-order valence-electron chi connectivity index (χ2n) is 6.81. The summed E-state index contributed by atoms with van der Waals surface area (Å²) < 4.78 is 10.1. The number of hydrogen-bond donors (Lipinski definition) is 4. The highest BCUT2D eigenvalue weighted by atomic mass is 16.5. The average molecular weight is 430 g/mol. The zero-order valence-corrected chi connectivity index (χ0v) is 17.1. The van der Waals surface area contributed by atoms with E-state index in [1.165, 1.54) is 7.11 Å². The van der Waals surface area contributed by atoms with E-state index < -0.39 is 30.1 Å². The number of carbonyl (C=O) groups is 3. The molecule has 0 radical (unpaired) electrons. The smallest absolute Gasteiger partial charge is 0.407 e. The number of aliphatic carboxylic acids is 1. The molecular weight excluding hydrogens is 404 g/mol. The van der Waals surface area contributed by atoms with Gasteiger partial charge in [0.1, 0.15) is 18.4 Å². The highest BCUT2D eigenvalue weighted by Crippen LogP contribution is 2.13. The molecular formula is C22H26N2O7. The Labute approximate surface area is 180 Å². The van der Waals surface area contributed by atoms with Gasteiger partial charge >= 0.3 is 12.1 Å². The Morgan fingerprint density at radius 2 is 1.68 bits per heavy atom. The van der Waals surface area contributed by atoms with Crippen molar-refractivity contribution < 1.29 is 34.1 Å². The molecule has 0 aliphatic heterocycles. The number of ether oxygens (including phenoxy) is 2. The molecule has 2 atom stereocenters. The van der Waals surface area contributed by atoms with Crippen LogP contribution in [0, 0.1) is 0 Å². The van der Waals surface area contributed by atoms with Gasteiger partial charge in [-0.3, -0.25) is 4.79 Å². The van der Waals surface area contributed by atoms with Crippen molar-refractivity contribution in [2.24, 2.45) is 0 Å². The fourth-order valence-corrected chi connectivity index (χ4v) is 2.71. The van der Waals surface area contributed by atoms with Crippen LogP contribution in [0.5, 0.6) is 5.75 Å². The standard InChI is InChI=1S/C22H26N2O7/c1-30-18-9-7-15(8-10-18)11-19(21(27)28)24-20(26)12-17(25)13-23-22(29)31-14-16-5-3-2-4-6-16/h2-10,17,19,25H,11-14H2,1H3,(H,23,29)(H,24,26)(H,27,28)/t17-,19+/m0/s1. The van der Waals surface area contributed by atoms with Crippen LogP contribution < -0.4 is 15.4 Å². The summed E-state index contributed by atoms with van der Waals surface area (Å²) in [5, 5.41) is 24.1. The highest BCUT2D eigenvalue weighted by Gasteiger charge is 2.22. The van der Waals surface area contributed by atoms with Crippen molar-refractivity contribution in [2.45, 2.75) is 31.6 Å². The van der Waals surface area contributed by atoms with Crippen LogP contribution in [0.25, 0.3) is 0 Å². The number of carbonyl (C=O) groups excluding carboxylic acids is 2. The number of hydrogen-bond acceptors (Lipinski definition) is 6. The monoisotopic (exact) mass is 430 g/mol. The van der Waals surface area contributed by atoms with Crippen LogP contribution in [-0.4, -0.2) is 54.0 Å². The maximum Gasteiger partial charge on any atom is 0.407 e. The van der Waals surface area contributed by atoms with Crippen molar-refractivity contribution in [3.8, 4) is 5.75 Å². The van der Waals surface area contributed by atoms with Crippen LogP contribution >= 0.6 is 0 Å². The lowest BCUT2D eigenvalue weighted by atomic mass is 10.1. The van der Waals surface area contributed by atoms with Gasteiger partial charge in [0, 0.05) is 13.0 Å². The number of carboxylic acids is 1. The summed E-state index contributed by atoms with van der Waals surface area (Å²) in [6, 6.07) is 14.7. The Kier molecular flexibility index (Phi) is 9.31. The fraction of sp³-hybridized carbons (Fsp3) is 0.318. The maximum absolute atomic E-state index is 12.1. The third-order valence-electron chi connectivity index (χ3n) is 4.35. The van der Waals surface area contributed by atoms with E-state index in [2.05, 4.69) is 10.6 Å². The van der Waals surface area contributed by atoms with E-state index >= 15 is 0 Å². The van der Waals surface area contributed by atoms with Crippen LogP contribution in [-0.2, 0) is 27.4 Å². The lowest BCUT2D eigenvalue weighted by molar-refractivity contribution is -0.142. The average Bonchev–Trinajstić information content (AvgIpc) is 2.77. The molecule has 0 heterocycles. The molecule has 2 aromatic carbocycles. The van der Waals surface area contributed by atoms with Crippen molar-refractivity contribution in [3.05, 3.63) is 65.7 Å². The molecule has 0 unspecified atom stereocenters. The van der Waals surface area contributed by atoms with Gasteiger partial charge in [-0.1, -0.05) is 42.5 Å². The number of nitrogens with one attached hydrogen (secondary N) is 2. The second-order valence-corrected chi connectivity index (χ2v) is 6.81. The first-order valence-electron chi connectivity index (χ1n) is 9.65. The number of benzene rings is 2. The van der Waals surface area contributed by atoms with Crippen molar-refractivity contribution in [1.82, 2.24) is 10.6 Å². The quantitative estimate of drug-likeness (QED) is 0.424. The fourth-order valence-electron chi connectivity index (χ4n) is 2.71. The van der Waals surface area contributed by atoms with Gasteiger partial charge in [-0.25, -0.2) is 9.59 Å². The van der Waals surface area contributed by atoms with Crippen molar-refractivity contribution in [2.75, 3.05) is 13.7 Å². The molecule has 166 valence electrons. The van der Waals surface area contributed by atoms with Gasteiger partial charge < -0.3 is 30.3 Å². The largest absolute Gasteiger partial charge is 0.497 e. The molecule has 0 aliphatic carbocycles. The number of rotatable bonds is 11. The van der Waals surface area contributed by atoms with Crippen LogP contribution in [0.15, 0.2) is 54.6 Å². The van der Waals surface area contributed by atoms with E-state index in [1.54, 1.807) is 36.4 Å². The molecule has 0 bridgehead atoms. The van der Waals surface area contributed by atoms with Gasteiger partial charge in [0.15, 0.2) is 0 Å². The highest BCUT2D eigenvalue weighted by molar-refractivity contribution is 5.84. The first-order valence-corrected chi connectivity index (χ1v) is 9.65. The summed E-state index contributed by atoms with van der Waals surface area (Å²) in [7, 11) is 1.53. The molecule has 2 aromatic rings. The maximum atomic E-state index is 12.1. The van der Waals surface area contributed by atoms with Gasteiger partial charge in [-0.2, -0.15) is 0 Å². The van der Waals surface area contributed by atoms with Crippen LogP contribution in [0.2, 0.25) is 0 Å². The molecule has 0 aromatic heterocycles. The minimum absolute atomic E-state index is 0.0746. The summed E-state index contributed by atoms with van der Waals surface area (Å²) in [4.78, 5) is 35.3. The molecule has 0 spiro atoms. The molecule has 9 nitrogen and oxygen atoms in total. The van der Waals surface area contributed by atoms with Crippen LogP contribution in [0.4, 0.5) is 4.79 Å². The van der Waals surface area contributed by atoms with Gasteiger partial charge in [0.25, 0.3) is 0 Å². The topological polar surface area (TPSA) is 134 Å². The first kappa shape index (κ1) is 23.7. The molecule has 4 N–H and O–H groups in total. The third-order valence-corrected chi connectivity index (χ3v) is 4.35. The summed E-state index contributed by atoms with van der Waals surface area (Å²) in [5.74, 6) is -1.20. The second kappa shape index (κ2) is 12.2. The van der Waals surface area contributed by atoms with Gasteiger partial charge in [-0.05, 0) is 23.3 Å². The third kappa shape index (κ3) is 8.75. The summed E-state index contributed by atoms with van der Waals surface area (Å²) in [5.41, 5.74) is 1.52. The van der Waals surface area contributed by atoms with E-state index in [0.717, 1.165) is 5.56 Å². The lowest BCUT2D eigenvalue weighted by Crippen LogP contribution is -2.44. The van der Waals surface area contributed by atoms with Crippen molar-refractivity contribution >= 4 is 18.0 Å². The summed E-state index contributed by atoms with van der Waals surface area (Å²) in [6.45, 7) is -0.133. The van der Waals surface area contributed by atoms with E-state index in [4.69, 9.17) is 9.47 Å². The first-order chi connectivity index (χ1) is 14.9. The normalized spacial score (nSPS) is 12.3. The van der Waals surface area contributed by atoms with E-state index in [1.807, 2.05) is 18.2 Å². The zero-order chi connectivity index (χ0) is 22.6. The molecule has 0 fully saturated rings. The SMILES string of the molecule is COc1ccc(C[C@@H](NC(=O)C[C@H](O)CNC(=O)OCc2ccccc2)C(=O)O)cc1. The van der Waals surface area contributed by atoms with Crippen molar-refractivity contribution in [1.29, 1.82) is 0 Å². The zero-order valence-electron chi connectivity index (χ0n) is 17.1. The number of alkyl carbamates (subject to hydrolysis) is 1. The Hall–Kier alpha value is -3.59. The minimum Gasteiger partial charge on any atom is -0.497 e. The van der Waals surface area contributed by atoms with Gasteiger partial charge in [0.2, 0.25) is 5.91 Å². The van der Waals surface area contributed by atoms with Gasteiger partial charge in [0.05, 0.1) is 19.6 Å². The molecule has 2 amide bonds. The number of aliphatic hydroxyl groups excluding tert-OH is 1. The van der Waals surface area contributed by atoms with E-state index in [9.17, 15) is 24.6 Å². The molecule has 2 rings (SSSR count). The minimum atomic E-state index is -1.19. The van der Waals surface area contributed by atoms with E-state index in [0.29, 0.717) is 11.3 Å². The van der Waals surface area contributed by atoms with Crippen LogP contribution in [0.3, 0.4) is 0 Å². The summed E-state index contributed by atoms with van der Waals surface area (Å²) in [6.07, 6.45) is -2.22. The predicted octanol–water partition coefficient (Wildman–Crippen LogP) is 1.48. The lowest BCUT2D eigenvalue weighted by Gasteiger charge is -2.17. The molecule has 0 saturated carbocycles. The summed E-state index contributed by atoms with van der Waals surface area (Å²) >= 11 is 0. The molecule has 0 aliphatic rings. The molecule has 31 heavy (non-hydrogen) atoms. The number of aliphatic hydroxyl groups is 1. The van der Waals surface area contributed by atoms with E-state index in [-0.39, 0.29) is 26.0 Å². The Morgan fingerprint density at radius 1 is 1.00 bits per heavy atom. The Balaban J connectivity index is 1.74. The van der Waals surface area contributed by atoms with Crippen LogP contribution in [0.1, 0.15) is 17.5 Å². The number of methoxy groups -OCH3 is 1.